The van der Waals surface area contributed by atoms with Crippen LogP contribution in [0.3, 0.4) is 0 Å². The van der Waals surface area contributed by atoms with Crippen LogP contribution < -0.4 is 11.1 Å². The molecule has 0 fully saturated rings. The number of Topliss-reactive ketones (excluding diaryl/α,β-unsaturated/α-hetero) is 1. The van der Waals surface area contributed by atoms with Gasteiger partial charge in [-0.15, -0.1) is 0 Å². The molecule has 0 aromatic rings. The fraction of sp³-hybridized carbons (Fsp3) is 0.625. The standard InChI is InChI=1S/C8H15N2O2S/c1-5(11)10-4-6(12)7(9)8(2,3)13/h4,7,13H,9H2,1-3H3,(H,10,11)/t7-/m0/s1. The van der Waals surface area contributed by atoms with Crippen LogP contribution in [0.2, 0.25) is 0 Å². The van der Waals surface area contributed by atoms with E-state index in [0.717, 1.165) is 6.54 Å². The van der Waals surface area contributed by atoms with Crippen molar-refractivity contribution >= 4 is 24.3 Å². The van der Waals surface area contributed by atoms with E-state index in [-0.39, 0.29) is 11.7 Å². The third-order valence-electron chi connectivity index (χ3n) is 1.49. The molecule has 1 radical (unpaired) electrons. The maximum Gasteiger partial charge on any atom is 0.217 e. The average Bonchev–Trinajstić information content (AvgIpc) is 1.96. The predicted molar refractivity (Wildman–Crippen MR) is 54.2 cm³/mol. The molecule has 0 unspecified atom stereocenters. The summed E-state index contributed by atoms with van der Waals surface area (Å²) >= 11 is 4.16. The number of nitrogens with two attached hydrogens (primary N) is 1. The van der Waals surface area contributed by atoms with Crippen LogP contribution in [0.15, 0.2) is 0 Å². The zero-order chi connectivity index (χ0) is 10.6. The zero-order valence-corrected chi connectivity index (χ0v) is 8.89. The highest BCUT2D eigenvalue weighted by molar-refractivity contribution is 7.81. The minimum absolute atomic E-state index is 0.294. The number of ketones is 1. The molecule has 4 nitrogen and oxygen atoms in total. The molecule has 0 saturated heterocycles. The number of carbonyl (C=O) groups is 2. The predicted octanol–water partition coefficient (Wildman–Crippen LogP) is -0.111. The molecule has 1 amide bonds. The molecule has 0 bridgehead atoms. The van der Waals surface area contributed by atoms with Crippen LogP contribution in [0.4, 0.5) is 0 Å². The van der Waals surface area contributed by atoms with Crippen molar-refractivity contribution in [2.45, 2.75) is 31.6 Å². The van der Waals surface area contributed by atoms with Crippen molar-refractivity contribution < 1.29 is 9.59 Å². The van der Waals surface area contributed by atoms with Crippen LogP contribution >= 0.6 is 12.6 Å². The Morgan fingerprint density at radius 1 is 1.54 bits per heavy atom. The van der Waals surface area contributed by atoms with Crippen LogP contribution in [0, 0.1) is 6.54 Å². The molecule has 1 atom stereocenters. The van der Waals surface area contributed by atoms with Crippen molar-refractivity contribution in [1.29, 1.82) is 0 Å². The van der Waals surface area contributed by atoms with Gasteiger partial charge in [-0.3, -0.25) is 9.59 Å². The molecule has 3 N–H and O–H groups in total. The first-order chi connectivity index (χ1) is 5.75. The first kappa shape index (κ1) is 12.4. The van der Waals surface area contributed by atoms with Gasteiger partial charge in [0.05, 0.1) is 6.04 Å². The second-order valence-corrected chi connectivity index (χ2v) is 4.53. The molecule has 0 aliphatic rings. The van der Waals surface area contributed by atoms with Crippen molar-refractivity contribution in [1.82, 2.24) is 5.32 Å². The number of carbonyl (C=O) groups excluding carboxylic acids is 2. The second-order valence-electron chi connectivity index (χ2n) is 3.38. The van der Waals surface area contributed by atoms with E-state index in [2.05, 4.69) is 17.9 Å². The monoisotopic (exact) mass is 203 g/mol. The van der Waals surface area contributed by atoms with Gasteiger partial charge in [0.1, 0.15) is 6.54 Å². The van der Waals surface area contributed by atoms with E-state index < -0.39 is 10.8 Å². The lowest BCUT2D eigenvalue weighted by atomic mass is 10.00. The van der Waals surface area contributed by atoms with E-state index in [1.807, 2.05) is 0 Å². The molecule has 5 heteroatoms. The van der Waals surface area contributed by atoms with Crippen LogP contribution in [0.5, 0.6) is 0 Å². The molecular weight excluding hydrogens is 188 g/mol. The molecule has 0 saturated carbocycles. The lowest BCUT2D eigenvalue weighted by molar-refractivity contribution is -0.122. The van der Waals surface area contributed by atoms with Gasteiger partial charge >= 0.3 is 0 Å². The summed E-state index contributed by atoms with van der Waals surface area (Å²) < 4.78 is -0.591. The van der Waals surface area contributed by atoms with Gasteiger partial charge in [-0.1, -0.05) is 0 Å². The fourth-order valence-corrected chi connectivity index (χ4v) is 0.738. The maximum atomic E-state index is 11.2. The lowest BCUT2D eigenvalue weighted by Crippen LogP contribution is -2.47. The summed E-state index contributed by atoms with van der Waals surface area (Å²) in [7, 11) is 0. The number of rotatable bonds is 4. The molecule has 75 valence electrons. The van der Waals surface area contributed by atoms with Crippen molar-refractivity contribution in [2.24, 2.45) is 5.73 Å². The van der Waals surface area contributed by atoms with Crippen molar-refractivity contribution in [2.75, 3.05) is 0 Å². The molecule has 0 aromatic heterocycles. The van der Waals surface area contributed by atoms with Crippen molar-refractivity contribution in [3.63, 3.8) is 0 Å². The highest BCUT2D eigenvalue weighted by Crippen LogP contribution is 2.16. The summed E-state index contributed by atoms with van der Waals surface area (Å²) in [5.41, 5.74) is 5.57. The van der Waals surface area contributed by atoms with Crippen LogP contribution in [-0.2, 0) is 9.59 Å². The average molecular weight is 203 g/mol. The molecule has 0 aromatic carbocycles. The molecule has 0 heterocycles. The number of hydrogen-bond acceptors (Lipinski definition) is 4. The Kier molecular flexibility index (Phi) is 4.43. The topological polar surface area (TPSA) is 72.2 Å². The Labute approximate surface area is 83.7 Å². The van der Waals surface area contributed by atoms with E-state index in [0.29, 0.717) is 0 Å². The quantitative estimate of drug-likeness (QED) is 0.558. The third-order valence-corrected chi connectivity index (χ3v) is 1.76. The number of hydrogen-bond donors (Lipinski definition) is 3. The molecule has 13 heavy (non-hydrogen) atoms. The SMILES string of the molecule is CC(=O)N[CH]C(=O)[C@H](N)C(C)(C)S. The lowest BCUT2D eigenvalue weighted by Gasteiger charge is -2.24. The summed E-state index contributed by atoms with van der Waals surface area (Å²) in [6, 6.07) is -0.720. The summed E-state index contributed by atoms with van der Waals surface area (Å²) in [6.07, 6.45) is 0. The molecular formula is C8H15N2O2S. The highest BCUT2D eigenvalue weighted by atomic mass is 32.1. The van der Waals surface area contributed by atoms with E-state index in [9.17, 15) is 9.59 Å². The van der Waals surface area contributed by atoms with E-state index >= 15 is 0 Å². The molecule has 0 rings (SSSR count). The Hall–Kier alpha value is -0.550. The Bertz CT molecular complexity index is 211. The zero-order valence-electron chi connectivity index (χ0n) is 8.00. The molecule has 0 spiro atoms. The van der Waals surface area contributed by atoms with Gasteiger partial charge < -0.3 is 11.1 Å². The Balaban J connectivity index is 4.05. The summed E-state index contributed by atoms with van der Waals surface area (Å²) in [5, 5.41) is 2.27. The normalized spacial score (nSPS) is 13.6. The van der Waals surface area contributed by atoms with Gasteiger partial charge in [0.2, 0.25) is 5.91 Å². The van der Waals surface area contributed by atoms with E-state index in [1.54, 1.807) is 13.8 Å². The van der Waals surface area contributed by atoms with Crippen molar-refractivity contribution in [3.05, 3.63) is 6.54 Å². The smallest absolute Gasteiger partial charge is 0.217 e. The molecule has 0 aliphatic heterocycles. The number of amides is 1. The van der Waals surface area contributed by atoms with Gasteiger partial charge in [-0.2, -0.15) is 12.6 Å². The van der Waals surface area contributed by atoms with E-state index in [4.69, 9.17) is 5.73 Å². The van der Waals surface area contributed by atoms with Crippen LogP contribution in [0.1, 0.15) is 20.8 Å². The first-order valence-electron chi connectivity index (χ1n) is 3.87. The number of thiol groups is 1. The summed E-state index contributed by atoms with van der Waals surface area (Å²) in [4.78, 5) is 21.7. The summed E-state index contributed by atoms with van der Waals surface area (Å²) in [6.45, 7) is 5.87. The Morgan fingerprint density at radius 3 is 2.31 bits per heavy atom. The third kappa shape index (κ3) is 4.90. The van der Waals surface area contributed by atoms with Gasteiger partial charge in [-0.05, 0) is 13.8 Å². The largest absolute Gasteiger partial charge is 0.344 e. The minimum Gasteiger partial charge on any atom is -0.344 e. The van der Waals surface area contributed by atoms with Crippen LogP contribution in [-0.4, -0.2) is 22.5 Å². The van der Waals surface area contributed by atoms with Crippen molar-refractivity contribution in [3.8, 4) is 0 Å². The molecule has 0 aliphatic carbocycles. The highest BCUT2D eigenvalue weighted by Gasteiger charge is 2.28. The van der Waals surface area contributed by atoms with Gasteiger partial charge in [0.25, 0.3) is 0 Å². The minimum atomic E-state index is -0.720. The van der Waals surface area contributed by atoms with Gasteiger partial charge in [-0.25, -0.2) is 0 Å². The second kappa shape index (κ2) is 4.62. The first-order valence-corrected chi connectivity index (χ1v) is 4.32. The fourth-order valence-electron chi connectivity index (χ4n) is 0.611. The van der Waals surface area contributed by atoms with E-state index in [1.165, 1.54) is 6.92 Å². The van der Waals surface area contributed by atoms with Crippen LogP contribution in [0.25, 0.3) is 0 Å². The maximum absolute atomic E-state index is 11.2. The van der Waals surface area contributed by atoms with Gasteiger partial charge in [0, 0.05) is 11.7 Å². The Morgan fingerprint density at radius 2 is 2.00 bits per heavy atom. The number of nitrogens with one attached hydrogen (secondary N) is 1. The summed E-state index contributed by atoms with van der Waals surface area (Å²) in [5.74, 6) is -0.632. The van der Waals surface area contributed by atoms with Gasteiger partial charge in [0.15, 0.2) is 5.78 Å².